The molecule has 0 spiro atoms. The Kier molecular flexibility index (Phi) is 13.2. The molecule has 7 nitrogen and oxygen atoms in total. The average molecular weight is 708 g/mol. The van der Waals surface area contributed by atoms with Crippen LogP contribution in [0.25, 0.3) is 16.7 Å². The Balaban J connectivity index is 0.00000338. The molecule has 0 saturated heterocycles. The van der Waals surface area contributed by atoms with E-state index in [9.17, 15) is 18.4 Å². The summed E-state index contributed by atoms with van der Waals surface area (Å²) in [5, 5.41) is 6.48. The first-order chi connectivity index (χ1) is 22.9. The molecule has 1 aliphatic rings. The number of halogens is 1. The van der Waals surface area contributed by atoms with Crippen LogP contribution in [0.3, 0.4) is 0 Å². The van der Waals surface area contributed by atoms with E-state index in [0.29, 0.717) is 21.8 Å². The molecule has 252 valence electrons. The Hall–Kier alpha value is -3.08. The van der Waals surface area contributed by atoms with E-state index in [1.807, 2.05) is 68.4 Å². The molecular formula is C39H41ClN2NaO5S-. The molecule has 0 saturated carbocycles. The van der Waals surface area contributed by atoms with E-state index >= 15 is 0 Å². The summed E-state index contributed by atoms with van der Waals surface area (Å²) in [5.74, 6) is -0.591. The van der Waals surface area contributed by atoms with Crippen LogP contribution in [-0.2, 0) is 25.8 Å². The van der Waals surface area contributed by atoms with E-state index in [2.05, 4.69) is 46.9 Å². The van der Waals surface area contributed by atoms with Gasteiger partial charge in [-0.15, -0.1) is 0 Å². The Morgan fingerprint density at radius 1 is 0.980 bits per heavy atom. The van der Waals surface area contributed by atoms with Crippen LogP contribution >= 0.6 is 11.6 Å². The quantitative estimate of drug-likeness (QED) is 0.122. The predicted molar refractivity (Wildman–Crippen MR) is 194 cm³/mol. The van der Waals surface area contributed by atoms with Crippen LogP contribution < -0.4 is 40.2 Å². The van der Waals surface area contributed by atoms with Crippen molar-refractivity contribution in [2.24, 2.45) is 5.41 Å². The molecule has 0 fully saturated rings. The molecule has 49 heavy (non-hydrogen) atoms. The van der Waals surface area contributed by atoms with E-state index in [0.717, 1.165) is 47.1 Å². The minimum absolute atomic E-state index is 0. The number of rotatable bonds is 11. The van der Waals surface area contributed by atoms with Crippen LogP contribution in [0.15, 0.2) is 97.1 Å². The number of nitrogens with one attached hydrogen (secondary N) is 2. The van der Waals surface area contributed by atoms with Gasteiger partial charge in [0.25, 0.3) is 5.91 Å². The van der Waals surface area contributed by atoms with E-state index in [1.54, 1.807) is 24.3 Å². The molecule has 0 heterocycles. The zero-order valence-corrected chi connectivity index (χ0v) is 32.2. The molecule has 2 amide bonds. The molecule has 4 aromatic carbocycles. The Morgan fingerprint density at radius 2 is 1.69 bits per heavy atom. The van der Waals surface area contributed by atoms with Gasteiger partial charge in [0.15, 0.2) is 0 Å². The molecule has 0 bridgehead atoms. The van der Waals surface area contributed by atoms with Gasteiger partial charge in [-0.25, -0.2) is 4.21 Å². The van der Waals surface area contributed by atoms with Gasteiger partial charge in [-0.3, -0.25) is 13.8 Å². The summed E-state index contributed by atoms with van der Waals surface area (Å²) in [7, 11) is 0. The Bertz CT molecular complexity index is 1870. The zero-order valence-electron chi connectivity index (χ0n) is 29.6. The summed E-state index contributed by atoms with van der Waals surface area (Å²) in [6.07, 6.45) is 5.38. The number of carbonyl (C=O) groups is 2. The molecule has 2 atom stereocenters. The van der Waals surface area contributed by atoms with Gasteiger partial charge in [0.05, 0.1) is 23.4 Å². The minimum Gasteiger partial charge on any atom is -1.00 e. The first-order valence-electron chi connectivity index (χ1n) is 15.9. The molecule has 2 N–H and O–H groups in total. The fraction of sp³-hybridized carbons (Fsp3) is 0.282. The maximum atomic E-state index is 14.4. The number of anilines is 1. The first-order valence-corrected chi connectivity index (χ1v) is 17.3. The largest absolute Gasteiger partial charge is 1.00 e. The maximum Gasteiger partial charge on any atom is 1.00 e. The summed E-state index contributed by atoms with van der Waals surface area (Å²) in [6.45, 7) is 8.36. The fourth-order valence-electron chi connectivity index (χ4n) is 6.07. The fourth-order valence-corrected chi connectivity index (χ4v) is 6.52. The second-order valence-corrected chi connectivity index (χ2v) is 14.2. The third-order valence-corrected chi connectivity index (χ3v) is 9.77. The van der Waals surface area contributed by atoms with Crippen molar-refractivity contribution in [2.45, 2.75) is 52.4 Å². The van der Waals surface area contributed by atoms with Crippen molar-refractivity contribution in [3.8, 4) is 11.1 Å². The van der Waals surface area contributed by atoms with Crippen molar-refractivity contribution in [1.29, 1.82) is 0 Å². The molecule has 5 rings (SSSR count). The minimum atomic E-state index is -2.64. The summed E-state index contributed by atoms with van der Waals surface area (Å²) in [4.78, 5) is 27.1. The van der Waals surface area contributed by atoms with Crippen molar-refractivity contribution in [3.05, 3.63) is 130 Å². The summed E-state index contributed by atoms with van der Waals surface area (Å²) in [6, 6.07) is 28.6. The Labute approximate surface area is 320 Å². The van der Waals surface area contributed by atoms with Crippen molar-refractivity contribution < 1.29 is 53.5 Å². The molecule has 0 radical (unpaired) electrons. The van der Waals surface area contributed by atoms with Crippen molar-refractivity contribution in [3.63, 3.8) is 0 Å². The third-order valence-electron chi connectivity index (χ3n) is 9.17. The molecule has 4 aromatic rings. The Morgan fingerprint density at radius 3 is 2.33 bits per heavy atom. The SMILES string of the molecule is Cc1cc(Cl)ccc1-c1ccc(NC(=O)C(C)(c2ccc(C(=O)NCCOS(=O)[O-])cc2)c2cccc(C3=CCC(C)(C)CC3)c2)cc1.[H-].[Na+]. The van der Waals surface area contributed by atoms with Crippen LogP contribution in [0.2, 0.25) is 5.02 Å². The van der Waals surface area contributed by atoms with Gasteiger partial charge >= 0.3 is 29.6 Å². The molecule has 0 aliphatic heterocycles. The number of hydrogen-bond acceptors (Lipinski definition) is 5. The smallest absolute Gasteiger partial charge is 1.00 e. The van der Waals surface area contributed by atoms with Crippen molar-refractivity contribution in [1.82, 2.24) is 5.32 Å². The van der Waals surface area contributed by atoms with Crippen LogP contribution in [0.4, 0.5) is 5.69 Å². The standard InChI is InChI=1S/C39H41ClN2O5S.Na.H/c1-26-24-33(40)14-17-35(26)28-10-15-34(16-11-28)42-37(44)39(4,31-12-8-29(9-13-31)36(43)41-22-23-47-48(45)46)32-7-5-6-30(25-32)27-18-20-38(2,3)21-19-27;;/h5-18,24-25H,19-23H2,1-4H3,(H,41,43)(H,42,44)(H,45,46);;/q;+1;-1/p-1. The van der Waals surface area contributed by atoms with Crippen LogP contribution in [0.1, 0.15) is 74.1 Å². The van der Waals surface area contributed by atoms with Gasteiger partial charge < -0.3 is 16.6 Å². The van der Waals surface area contributed by atoms with Gasteiger partial charge in [0.1, 0.15) is 0 Å². The summed E-state index contributed by atoms with van der Waals surface area (Å²) >= 11 is 3.52. The van der Waals surface area contributed by atoms with E-state index in [-0.39, 0.29) is 61.4 Å². The van der Waals surface area contributed by atoms with E-state index in [1.165, 1.54) is 5.57 Å². The predicted octanol–water partition coefficient (Wildman–Crippen LogP) is 5.51. The van der Waals surface area contributed by atoms with Crippen LogP contribution in [0, 0.1) is 12.3 Å². The third kappa shape index (κ3) is 9.58. The van der Waals surface area contributed by atoms with Gasteiger partial charge in [0.2, 0.25) is 5.91 Å². The van der Waals surface area contributed by atoms with Crippen molar-refractivity contribution >= 4 is 46.0 Å². The zero-order chi connectivity index (χ0) is 34.5. The number of amides is 2. The second-order valence-electron chi connectivity index (χ2n) is 13.2. The number of allylic oxidation sites excluding steroid dienone is 2. The van der Waals surface area contributed by atoms with Gasteiger partial charge in [-0.1, -0.05) is 86.1 Å². The van der Waals surface area contributed by atoms with Crippen molar-refractivity contribution in [2.75, 3.05) is 18.5 Å². The molecular weight excluding hydrogens is 667 g/mol. The van der Waals surface area contributed by atoms with Gasteiger partial charge in [-0.05, 0) is 114 Å². The molecule has 2 unspecified atom stereocenters. The molecule has 1 aliphatic carbocycles. The van der Waals surface area contributed by atoms with Gasteiger partial charge in [0, 0.05) is 22.8 Å². The second kappa shape index (κ2) is 16.8. The topological polar surface area (TPSA) is 108 Å². The number of benzene rings is 4. The number of aryl methyl sites for hydroxylation is 1. The summed E-state index contributed by atoms with van der Waals surface area (Å²) in [5.41, 5.74) is 7.26. The van der Waals surface area contributed by atoms with E-state index in [4.69, 9.17) is 11.6 Å². The number of hydrogen-bond donors (Lipinski definition) is 2. The normalized spacial score (nSPS) is 15.6. The summed E-state index contributed by atoms with van der Waals surface area (Å²) < 4.78 is 25.6. The van der Waals surface area contributed by atoms with Crippen LogP contribution in [0.5, 0.6) is 0 Å². The van der Waals surface area contributed by atoms with E-state index < -0.39 is 16.8 Å². The number of carbonyl (C=O) groups excluding carboxylic acids is 2. The van der Waals surface area contributed by atoms with Crippen LogP contribution in [-0.4, -0.2) is 33.7 Å². The van der Waals surface area contributed by atoms with Gasteiger partial charge in [-0.2, -0.15) is 0 Å². The molecule has 0 aromatic heterocycles. The maximum absolute atomic E-state index is 14.4. The average Bonchev–Trinajstić information content (AvgIpc) is 3.06. The molecule has 10 heteroatoms. The monoisotopic (exact) mass is 707 g/mol. The first kappa shape index (κ1) is 38.7.